The number of hydrogen-bond acceptors (Lipinski definition) is 5. The molecule has 1 fully saturated rings. The quantitative estimate of drug-likeness (QED) is 0.146. The van der Waals surface area contributed by atoms with Crippen LogP contribution in [-0.4, -0.2) is 110 Å². The summed E-state index contributed by atoms with van der Waals surface area (Å²) in [4.78, 5) is 26.9. The van der Waals surface area contributed by atoms with E-state index in [1.165, 1.54) is 36.8 Å². The van der Waals surface area contributed by atoms with Crippen molar-refractivity contribution in [2.75, 3.05) is 67.1 Å². The number of aliphatic carboxylic acids is 1. The Balaban J connectivity index is 0.000000605. The first kappa shape index (κ1) is 42.9. The maximum absolute atomic E-state index is 13.4. The number of unbranched alkanes of at least 4 members (excludes halogenated alkanes) is 1. The predicted octanol–water partition coefficient (Wildman–Crippen LogP) is 7.46. The molecule has 3 rings (SSSR count). The van der Waals surface area contributed by atoms with E-state index >= 15 is 0 Å². The summed E-state index contributed by atoms with van der Waals surface area (Å²) in [5.41, 5.74) is 2.68. The molecular formula is C39H72N3O5+. The molecule has 2 unspecified atom stereocenters. The number of amides is 1. The fourth-order valence-corrected chi connectivity index (χ4v) is 6.11. The number of carbonyl (C=O) groups excluding carboxylic acids is 1. The molecule has 0 bridgehead atoms. The van der Waals surface area contributed by atoms with E-state index in [1.807, 2.05) is 0 Å². The maximum atomic E-state index is 13.4. The molecule has 8 heteroatoms. The summed E-state index contributed by atoms with van der Waals surface area (Å²) in [5.74, 6) is 1.40. The molecule has 0 aromatic heterocycles. The summed E-state index contributed by atoms with van der Waals surface area (Å²) in [7, 11) is 6.66. The van der Waals surface area contributed by atoms with E-state index in [2.05, 4.69) is 83.8 Å². The van der Waals surface area contributed by atoms with Crippen LogP contribution in [0, 0.1) is 5.92 Å². The average Bonchev–Trinajstić information content (AvgIpc) is 3.45. The number of rotatable bonds is 20. The Hall–Kier alpha value is -2.16. The van der Waals surface area contributed by atoms with Crippen LogP contribution in [0.4, 0.5) is 0 Å². The van der Waals surface area contributed by atoms with Gasteiger partial charge in [0.15, 0.2) is 0 Å². The highest BCUT2D eigenvalue weighted by molar-refractivity contribution is 5.78. The molecule has 272 valence electrons. The lowest BCUT2D eigenvalue weighted by Crippen LogP contribution is -2.46. The summed E-state index contributed by atoms with van der Waals surface area (Å²) >= 11 is 0. The van der Waals surface area contributed by atoms with Gasteiger partial charge in [0.25, 0.3) is 5.97 Å². The van der Waals surface area contributed by atoms with Crippen LogP contribution in [0.5, 0.6) is 5.75 Å². The van der Waals surface area contributed by atoms with Gasteiger partial charge in [-0.3, -0.25) is 14.5 Å². The van der Waals surface area contributed by atoms with Crippen molar-refractivity contribution in [3.05, 3.63) is 29.3 Å². The van der Waals surface area contributed by atoms with E-state index in [0.717, 1.165) is 114 Å². The minimum atomic E-state index is -0.833. The molecule has 1 aliphatic carbocycles. The van der Waals surface area contributed by atoms with Crippen LogP contribution in [0.1, 0.15) is 117 Å². The van der Waals surface area contributed by atoms with Gasteiger partial charge in [-0.1, -0.05) is 59.1 Å². The molecule has 1 aromatic rings. The smallest absolute Gasteiger partial charge is 0.300 e. The monoisotopic (exact) mass is 663 g/mol. The first-order valence-corrected chi connectivity index (χ1v) is 18.7. The van der Waals surface area contributed by atoms with Crippen molar-refractivity contribution in [3.8, 4) is 5.75 Å². The number of nitrogens with zero attached hydrogens (tertiary/aromatic N) is 3. The lowest BCUT2D eigenvalue weighted by molar-refractivity contribution is -0.870. The van der Waals surface area contributed by atoms with Gasteiger partial charge in [-0.05, 0) is 75.0 Å². The number of ether oxygens (including phenoxy) is 2. The van der Waals surface area contributed by atoms with Crippen molar-refractivity contribution in [1.29, 1.82) is 0 Å². The Kier molecular flexibility index (Phi) is 21.9. The van der Waals surface area contributed by atoms with Crippen molar-refractivity contribution in [1.82, 2.24) is 9.80 Å². The number of quaternary nitrogens is 1. The summed E-state index contributed by atoms with van der Waals surface area (Å²) in [6.07, 6.45) is 14.7. The van der Waals surface area contributed by atoms with Crippen molar-refractivity contribution in [2.24, 2.45) is 5.92 Å². The first-order valence-electron chi connectivity index (χ1n) is 18.7. The lowest BCUT2D eigenvalue weighted by Gasteiger charge is -2.33. The van der Waals surface area contributed by atoms with E-state index in [9.17, 15) is 4.79 Å². The zero-order valence-corrected chi connectivity index (χ0v) is 31.8. The van der Waals surface area contributed by atoms with E-state index in [1.54, 1.807) is 0 Å². The topological polar surface area (TPSA) is 79.3 Å². The molecule has 1 heterocycles. The second-order valence-electron chi connectivity index (χ2n) is 14.5. The van der Waals surface area contributed by atoms with Gasteiger partial charge in [0.1, 0.15) is 5.75 Å². The highest BCUT2D eigenvalue weighted by Gasteiger charge is 2.26. The molecule has 47 heavy (non-hydrogen) atoms. The van der Waals surface area contributed by atoms with Gasteiger partial charge in [0, 0.05) is 52.0 Å². The van der Waals surface area contributed by atoms with Crippen LogP contribution in [0.25, 0.3) is 0 Å². The molecule has 0 radical (unpaired) electrons. The zero-order valence-electron chi connectivity index (χ0n) is 31.8. The fourth-order valence-electron chi connectivity index (χ4n) is 6.11. The predicted molar refractivity (Wildman–Crippen MR) is 195 cm³/mol. The highest BCUT2D eigenvalue weighted by Crippen LogP contribution is 2.32. The van der Waals surface area contributed by atoms with Gasteiger partial charge in [0.05, 0.1) is 46.9 Å². The third kappa shape index (κ3) is 18.8. The normalized spacial score (nSPS) is 15.3. The number of hydrogen-bond donors (Lipinski definition) is 1. The molecule has 0 spiro atoms. The molecule has 1 N–H and O–H groups in total. The van der Waals surface area contributed by atoms with Gasteiger partial charge < -0.3 is 24.0 Å². The summed E-state index contributed by atoms with van der Waals surface area (Å²) in [6.45, 7) is 18.3. The first-order chi connectivity index (χ1) is 22.3. The highest BCUT2D eigenvalue weighted by atomic mass is 16.5. The second kappa shape index (κ2) is 24.0. The van der Waals surface area contributed by atoms with Crippen molar-refractivity contribution in [2.45, 2.75) is 131 Å². The SMILES string of the molecule is CC(=O)O.CCCCN(CCC[N+](C)(C)C)C(=O)CN(CCc1ccc2c(c1)CCO2)C(C)CCC.CCCOC(CC)C1CCC1. The van der Waals surface area contributed by atoms with Gasteiger partial charge in [-0.2, -0.15) is 0 Å². The Morgan fingerprint density at radius 2 is 1.70 bits per heavy atom. The van der Waals surface area contributed by atoms with Crippen LogP contribution in [-0.2, 0) is 27.2 Å². The number of carboxylic acid groups (broad SMARTS) is 1. The average molecular weight is 663 g/mol. The van der Waals surface area contributed by atoms with Gasteiger partial charge in [-0.25, -0.2) is 0 Å². The largest absolute Gasteiger partial charge is 0.493 e. The zero-order chi connectivity index (χ0) is 35.2. The number of carboxylic acids is 1. The maximum Gasteiger partial charge on any atom is 0.300 e. The minimum absolute atomic E-state index is 0.296. The van der Waals surface area contributed by atoms with Crippen molar-refractivity contribution < 1.29 is 28.7 Å². The molecule has 1 saturated carbocycles. The van der Waals surface area contributed by atoms with Crippen LogP contribution < -0.4 is 4.74 Å². The molecule has 0 saturated heterocycles. The summed E-state index contributed by atoms with van der Waals surface area (Å²) in [5, 5.41) is 7.42. The lowest BCUT2D eigenvalue weighted by atomic mass is 9.80. The van der Waals surface area contributed by atoms with Gasteiger partial charge in [0.2, 0.25) is 5.91 Å². The fraction of sp³-hybridized carbons (Fsp3) is 0.795. The van der Waals surface area contributed by atoms with Gasteiger partial charge >= 0.3 is 0 Å². The van der Waals surface area contributed by atoms with E-state index in [-0.39, 0.29) is 0 Å². The number of carbonyl (C=O) groups is 2. The number of fused-ring (bicyclic) bond motifs is 1. The molecule has 1 aliphatic heterocycles. The Bertz CT molecular complexity index is 987. The molecule has 1 amide bonds. The van der Waals surface area contributed by atoms with Crippen LogP contribution in [0.3, 0.4) is 0 Å². The molecule has 8 nitrogen and oxygen atoms in total. The van der Waals surface area contributed by atoms with Crippen molar-refractivity contribution in [3.63, 3.8) is 0 Å². The van der Waals surface area contributed by atoms with Crippen molar-refractivity contribution >= 4 is 11.9 Å². The van der Waals surface area contributed by atoms with E-state index in [0.29, 0.717) is 24.6 Å². The van der Waals surface area contributed by atoms with E-state index in [4.69, 9.17) is 19.4 Å². The summed E-state index contributed by atoms with van der Waals surface area (Å²) < 4.78 is 12.3. The van der Waals surface area contributed by atoms with Crippen LogP contribution in [0.15, 0.2) is 18.2 Å². The third-order valence-electron chi connectivity index (χ3n) is 9.11. The Labute approximate surface area is 288 Å². The standard InChI is InChI=1S/C27H48N3O2.C10H20O.C2H4O2/c1-7-9-16-28(17-10-19-30(4,5)6)27(31)22-29(23(3)11-8-2)18-14-24-12-13-26-25(21-24)15-20-32-26;1-3-8-11-10(4-2)9-6-5-7-9;1-2(3)4/h12-13,21,23H,7-11,14-20,22H2,1-6H3;9-10H,3-8H2,1-2H3;1H3,(H,3,4)/q+1;;. The second-order valence-corrected chi connectivity index (χ2v) is 14.5. The summed E-state index contributed by atoms with van der Waals surface area (Å²) in [6, 6.07) is 7.02. The Morgan fingerprint density at radius 3 is 2.26 bits per heavy atom. The van der Waals surface area contributed by atoms with Crippen LogP contribution >= 0.6 is 0 Å². The molecule has 1 aromatic carbocycles. The Morgan fingerprint density at radius 1 is 1.02 bits per heavy atom. The number of benzene rings is 1. The molecule has 2 aliphatic rings. The molecule has 2 atom stereocenters. The van der Waals surface area contributed by atoms with E-state index < -0.39 is 5.97 Å². The third-order valence-corrected chi connectivity index (χ3v) is 9.11. The molecular weight excluding hydrogens is 590 g/mol. The minimum Gasteiger partial charge on any atom is -0.493 e. The van der Waals surface area contributed by atoms with Crippen LogP contribution in [0.2, 0.25) is 0 Å². The van der Waals surface area contributed by atoms with Gasteiger partial charge in [-0.15, -0.1) is 0 Å².